The maximum Gasteiger partial charge on any atom is 0.293 e. The first-order valence-electron chi connectivity index (χ1n) is 8.31. The Hall–Kier alpha value is -2.96. The summed E-state index contributed by atoms with van der Waals surface area (Å²) in [6.07, 6.45) is 0. The molecule has 138 valence electrons. The molecule has 0 spiro atoms. The van der Waals surface area contributed by atoms with Crippen LogP contribution < -0.4 is 10.6 Å². The molecule has 0 radical (unpaired) electrons. The first kappa shape index (κ1) is 19.4. The Kier molecular flexibility index (Phi) is 5.92. The number of nitrogens with one attached hydrogen (secondary N) is 2. The molecule has 2 N–H and O–H groups in total. The van der Waals surface area contributed by atoms with Gasteiger partial charge in [-0.15, -0.1) is 0 Å². The average Bonchev–Trinajstić information content (AvgIpc) is 2.56. The Morgan fingerprint density at radius 3 is 2.42 bits per heavy atom. The smallest absolute Gasteiger partial charge is 0.293 e. The number of rotatable bonds is 6. The molecule has 2 aromatic carbocycles. The second kappa shape index (κ2) is 7.95. The minimum atomic E-state index is -0.545. The van der Waals surface area contributed by atoms with Gasteiger partial charge in [0.15, 0.2) is 0 Å². The predicted molar refractivity (Wildman–Crippen MR) is 98.9 cm³/mol. The van der Waals surface area contributed by atoms with E-state index in [9.17, 15) is 19.3 Å². The topological polar surface area (TPSA) is 84.3 Å². The SMILES string of the molecule is Cc1ccc(C(C)Nc2ccc(C(=O)NC(C)C)cc2[N+](=O)[O-])cc1F. The van der Waals surface area contributed by atoms with E-state index in [-0.39, 0.29) is 40.7 Å². The highest BCUT2D eigenvalue weighted by atomic mass is 19.1. The van der Waals surface area contributed by atoms with Gasteiger partial charge in [0.2, 0.25) is 0 Å². The fraction of sp³-hybridized carbons (Fsp3) is 0.316. The van der Waals surface area contributed by atoms with Crippen molar-refractivity contribution < 1.29 is 14.1 Å². The van der Waals surface area contributed by atoms with Gasteiger partial charge in [0.05, 0.1) is 4.92 Å². The summed E-state index contributed by atoms with van der Waals surface area (Å²) in [4.78, 5) is 22.9. The number of benzene rings is 2. The minimum Gasteiger partial charge on any atom is -0.373 e. The van der Waals surface area contributed by atoms with Gasteiger partial charge < -0.3 is 10.6 Å². The molecule has 0 saturated carbocycles. The third kappa shape index (κ3) is 4.56. The standard InChI is InChI=1S/C19H22FN3O3/c1-11(2)21-19(24)15-7-8-17(18(10-15)23(25)26)22-13(4)14-6-5-12(3)16(20)9-14/h5-11,13,22H,1-4H3,(H,21,24). The van der Waals surface area contributed by atoms with Crippen LogP contribution in [0.2, 0.25) is 0 Å². The number of hydrogen-bond acceptors (Lipinski definition) is 4. The van der Waals surface area contributed by atoms with Crippen molar-refractivity contribution in [3.8, 4) is 0 Å². The Morgan fingerprint density at radius 1 is 1.15 bits per heavy atom. The lowest BCUT2D eigenvalue weighted by Gasteiger charge is -2.17. The number of nitro benzene ring substituents is 1. The average molecular weight is 359 g/mol. The lowest BCUT2D eigenvalue weighted by Crippen LogP contribution is -2.30. The predicted octanol–water partition coefficient (Wildman–Crippen LogP) is 4.35. The van der Waals surface area contributed by atoms with E-state index in [0.717, 1.165) is 0 Å². The number of amides is 1. The summed E-state index contributed by atoms with van der Waals surface area (Å²) in [5.41, 5.74) is 1.48. The Bertz CT molecular complexity index is 837. The molecule has 0 aliphatic heterocycles. The Morgan fingerprint density at radius 2 is 1.85 bits per heavy atom. The van der Waals surface area contributed by atoms with Gasteiger partial charge in [-0.3, -0.25) is 14.9 Å². The quantitative estimate of drug-likeness (QED) is 0.593. The van der Waals surface area contributed by atoms with Gasteiger partial charge in [0.1, 0.15) is 11.5 Å². The molecule has 0 saturated heterocycles. The molecule has 7 heteroatoms. The van der Waals surface area contributed by atoms with E-state index >= 15 is 0 Å². The molecule has 26 heavy (non-hydrogen) atoms. The van der Waals surface area contributed by atoms with Crippen molar-refractivity contribution >= 4 is 17.3 Å². The fourth-order valence-corrected chi connectivity index (χ4v) is 2.49. The lowest BCUT2D eigenvalue weighted by molar-refractivity contribution is -0.384. The van der Waals surface area contributed by atoms with Crippen LogP contribution in [0, 0.1) is 22.9 Å². The van der Waals surface area contributed by atoms with Gasteiger partial charge in [0.25, 0.3) is 11.6 Å². The molecule has 2 aromatic rings. The fourth-order valence-electron chi connectivity index (χ4n) is 2.49. The van der Waals surface area contributed by atoms with Gasteiger partial charge in [0, 0.05) is 23.7 Å². The molecule has 0 bridgehead atoms. The van der Waals surface area contributed by atoms with E-state index in [1.54, 1.807) is 26.0 Å². The molecule has 1 amide bonds. The Balaban J connectivity index is 2.29. The van der Waals surface area contributed by atoms with Crippen molar-refractivity contribution in [2.24, 2.45) is 0 Å². The summed E-state index contributed by atoms with van der Waals surface area (Å²) in [6.45, 7) is 7.07. The number of nitrogens with zero attached hydrogens (tertiary/aromatic N) is 1. The molecule has 1 atom stereocenters. The monoisotopic (exact) mass is 359 g/mol. The number of nitro groups is 1. The molecular formula is C19H22FN3O3. The first-order chi connectivity index (χ1) is 12.2. The second-order valence-corrected chi connectivity index (χ2v) is 6.49. The van der Waals surface area contributed by atoms with Crippen LogP contribution in [0.4, 0.5) is 15.8 Å². The molecule has 0 aliphatic carbocycles. The van der Waals surface area contributed by atoms with Crippen LogP contribution in [-0.4, -0.2) is 16.9 Å². The van der Waals surface area contributed by atoms with Gasteiger partial charge in [-0.25, -0.2) is 4.39 Å². The minimum absolute atomic E-state index is 0.0733. The maximum absolute atomic E-state index is 13.8. The van der Waals surface area contributed by atoms with Gasteiger partial charge in [-0.1, -0.05) is 12.1 Å². The summed E-state index contributed by atoms with van der Waals surface area (Å²) < 4.78 is 13.8. The van der Waals surface area contributed by atoms with Crippen LogP contribution in [0.5, 0.6) is 0 Å². The molecule has 0 heterocycles. The lowest BCUT2D eigenvalue weighted by atomic mass is 10.0. The summed E-state index contributed by atoms with van der Waals surface area (Å²) in [5.74, 6) is -0.699. The highest BCUT2D eigenvalue weighted by Gasteiger charge is 2.20. The molecule has 6 nitrogen and oxygen atoms in total. The molecule has 0 aromatic heterocycles. The second-order valence-electron chi connectivity index (χ2n) is 6.49. The summed E-state index contributed by atoms with van der Waals surface area (Å²) in [5, 5.41) is 17.1. The molecule has 2 rings (SSSR count). The summed E-state index contributed by atoms with van der Waals surface area (Å²) in [6, 6.07) is 8.67. The number of halogens is 1. The van der Waals surface area contributed by atoms with Crippen molar-refractivity contribution in [2.45, 2.75) is 39.8 Å². The molecule has 0 fully saturated rings. The van der Waals surface area contributed by atoms with Crippen molar-refractivity contribution in [3.05, 3.63) is 69.0 Å². The zero-order valence-electron chi connectivity index (χ0n) is 15.2. The van der Waals surface area contributed by atoms with E-state index in [1.807, 2.05) is 13.8 Å². The van der Waals surface area contributed by atoms with E-state index in [1.165, 1.54) is 24.3 Å². The third-order valence-electron chi connectivity index (χ3n) is 3.94. The largest absolute Gasteiger partial charge is 0.373 e. The van der Waals surface area contributed by atoms with Crippen molar-refractivity contribution in [3.63, 3.8) is 0 Å². The highest BCUT2D eigenvalue weighted by molar-refractivity contribution is 5.95. The van der Waals surface area contributed by atoms with E-state index < -0.39 is 4.92 Å². The van der Waals surface area contributed by atoms with Crippen LogP contribution in [0.1, 0.15) is 48.3 Å². The third-order valence-corrected chi connectivity index (χ3v) is 3.94. The van der Waals surface area contributed by atoms with Gasteiger partial charge in [-0.2, -0.15) is 0 Å². The van der Waals surface area contributed by atoms with Crippen LogP contribution in [-0.2, 0) is 0 Å². The van der Waals surface area contributed by atoms with Gasteiger partial charge >= 0.3 is 0 Å². The van der Waals surface area contributed by atoms with Crippen molar-refractivity contribution in [1.82, 2.24) is 5.32 Å². The van der Waals surface area contributed by atoms with Crippen LogP contribution in [0.25, 0.3) is 0 Å². The number of carbonyl (C=O) groups excluding carboxylic acids is 1. The number of carbonyl (C=O) groups is 1. The number of anilines is 1. The summed E-state index contributed by atoms with van der Waals surface area (Å²) in [7, 11) is 0. The molecule has 1 unspecified atom stereocenters. The van der Waals surface area contributed by atoms with Crippen LogP contribution in [0.3, 0.4) is 0 Å². The highest BCUT2D eigenvalue weighted by Crippen LogP contribution is 2.29. The van der Waals surface area contributed by atoms with E-state index in [2.05, 4.69) is 10.6 Å². The van der Waals surface area contributed by atoms with Gasteiger partial charge in [-0.05, 0) is 57.0 Å². The summed E-state index contributed by atoms with van der Waals surface area (Å²) >= 11 is 0. The van der Waals surface area contributed by atoms with Crippen molar-refractivity contribution in [1.29, 1.82) is 0 Å². The molecular weight excluding hydrogens is 337 g/mol. The zero-order chi connectivity index (χ0) is 19.4. The van der Waals surface area contributed by atoms with Crippen molar-refractivity contribution in [2.75, 3.05) is 5.32 Å². The number of aryl methyl sites for hydroxylation is 1. The zero-order valence-corrected chi connectivity index (χ0v) is 15.2. The van der Waals surface area contributed by atoms with Crippen LogP contribution in [0.15, 0.2) is 36.4 Å². The van der Waals surface area contributed by atoms with E-state index in [4.69, 9.17) is 0 Å². The van der Waals surface area contributed by atoms with E-state index in [0.29, 0.717) is 11.1 Å². The molecule has 0 aliphatic rings. The van der Waals surface area contributed by atoms with Crippen LogP contribution >= 0.6 is 0 Å². The maximum atomic E-state index is 13.8. The Labute approximate surface area is 151 Å². The normalized spacial score (nSPS) is 11.9. The first-order valence-corrected chi connectivity index (χ1v) is 8.31. The number of hydrogen-bond donors (Lipinski definition) is 2.